The fourth-order valence-corrected chi connectivity index (χ4v) is 4.41. The van der Waals surface area contributed by atoms with Crippen LogP contribution in [0.5, 0.6) is 0 Å². The van der Waals surface area contributed by atoms with Gasteiger partial charge in [0.25, 0.3) is 0 Å². The maximum absolute atomic E-state index is 9.39. The van der Waals surface area contributed by atoms with Crippen LogP contribution in [0.3, 0.4) is 0 Å². The van der Waals surface area contributed by atoms with Gasteiger partial charge in [0.2, 0.25) is 0 Å². The molecule has 0 aromatic heterocycles. The number of allylic oxidation sites excluding steroid dienone is 8. The fraction of sp³-hybridized carbons (Fsp3) is 0.690. The van der Waals surface area contributed by atoms with Gasteiger partial charge in [0.05, 0.1) is 0 Å². The van der Waals surface area contributed by atoms with E-state index in [1.165, 1.54) is 27.9 Å². The highest BCUT2D eigenvalue weighted by Gasteiger charge is 2.27. The predicted molar refractivity (Wildman–Crippen MR) is 139 cm³/mol. The van der Waals surface area contributed by atoms with E-state index in [0.29, 0.717) is 11.8 Å². The molecule has 0 fully saturated rings. The van der Waals surface area contributed by atoms with E-state index in [0.717, 1.165) is 63.5 Å². The van der Waals surface area contributed by atoms with Crippen molar-refractivity contribution >= 4 is 5.71 Å². The Morgan fingerprint density at radius 2 is 1.40 bits per heavy atom. The number of nitrogens with one attached hydrogen (secondary N) is 1. The third-order valence-corrected chi connectivity index (χ3v) is 6.82. The van der Waals surface area contributed by atoms with Crippen LogP contribution in [0.15, 0.2) is 46.1 Å². The maximum Gasteiger partial charge on any atom is 0.0385 e. The topological polar surface area (TPSA) is 23.9 Å². The third kappa shape index (κ3) is 9.63. The Hall–Kier alpha value is -1.37. The molecule has 0 spiro atoms. The molecule has 0 rings (SSSR count). The molecule has 0 bridgehead atoms. The zero-order valence-corrected chi connectivity index (χ0v) is 21.8. The molecule has 30 heavy (non-hydrogen) atoms. The Labute approximate surface area is 189 Å². The second-order valence-electron chi connectivity index (χ2n) is 8.74. The highest BCUT2D eigenvalue weighted by molar-refractivity contribution is 6.00. The molecule has 0 radical (unpaired) electrons. The first-order valence-electron chi connectivity index (χ1n) is 12.6. The summed E-state index contributed by atoms with van der Waals surface area (Å²) in [4.78, 5) is 0. The van der Waals surface area contributed by atoms with Crippen LogP contribution in [-0.4, -0.2) is 5.71 Å². The van der Waals surface area contributed by atoms with Crippen LogP contribution in [0, 0.1) is 17.2 Å². The Kier molecular flexibility index (Phi) is 15.6. The van der Waals surface area contributed by atoms with Gasteiger partial charge in [-0.3, -0.25) is 0 Å². The Morgan fingerprint density at radius 3 is 1.83 bits per heavy atom. The van der Waals surface area contributed by atoms with Crippen LogP contribution in [0.4, 0.5) is 0 Å². The van der Waals surface area contributed by atoms with Crippen molar-refractivity contribution in [3.8, 4) is 0 Å². The van der Waals surface area contributed by atoms with E-state index < -0.39 is 0 Å². The predicted octanol–water partition coefficient (Wildman–Crippen LogP) is 10.0. The van der Waals surface area contributed by atoms with Crippen LogP contribution < -0.4 is 0 Å². The molecular weight excluding hydrogens is 362 g/mol. The van der Waals surface area contributed by atoms with E-state index in [2.05, 4.69) is 80.5 Å². The lowest BCUT2D eigenvalue weighted by atomic mass is 9.74. The lowest BCUT2D eigenvalue weighted by Crippen LogP contribution is -2.26. The second-order valence-corrected chi connectivity index (χ2v) is 8.74. The molecule has 0 aromatic rings. The van der Waals surface area contributed by atoms with E-state index >= 15 is 0 Å². The largest absolute Gasteiger partial charge is 0.305 e. The fourth-order valence-electron chi connectivity index (χ4n) is 4.41. The van der Waals surface area contributed by atoms with E-state index in [-0.39, 0.29) is 0 Å². The molecule has 0 heterocycles. The van der Waals surface area contributed by atoms with E-state index in [4.69, 9.17) is 0 Å². The molecular formula is C29H51N. The van der Waals surface area contributed by atoms with Gasteiger partial charge < -0.3 is 5.41 Å². The SMILES string of the molecule is CC=C(CC)CC(C(=N)/C(CC=C(CC)CC)=C(\C)CC)C(CC)CC(C)=CCC. The van der Waals surface area contributed by atoms with Crippen molar-refractivity contribution in [1.29, 1.82) is 5.41 Å². The summed E-state index contributed by atoms with van der Waals surface area (Å²) in [5.74, 6) is 0.834. The third-order valence-electron chi connectivity index (χ3n) is 6.82. The van der Waals surface area contributed by atoms with Gasteiger partial charge in [0.1, 0.15) is 0 Å². The van der Waals surface area contributed by atoms with Gasteiger partial charge in [-0.05, 0) is 83.6 Å². The number of hydrogen-bond acceptors (Lipinski definition) is 1. The minimum atomic E-state index is 0.304. The Balaban J connectivity index is 6.15. The van der Waals surface area contributed by atoms with Crippen molar-refractivity contribution in [2.24, 2.45) is 11.8 Å². The summed E-state index contributed by atoms with van der Waals surface area (Å²) in [6.07, 6.45) is 16.7. The molecule has 1 N–H and O–H groups in total. The minimum absolute atomic E-state index is 0.304. The number of hydrogen-bond donors (Lipinski definition) is 1. The van der Waals surface area contributed by atoms with Crippen LogP contribution >= 0.6 is 0 Å². The molecule has 0 aliphatic heterocycles. The standard InChI is InChI=1S/C29H51N/c1-10-17-22(8)20-26(16-7)28(21-25(14-5)15-6)29(30)27(23(9)11-2)19-18-24(12-3)13-4/h14,17-18,26,28,30H,10-13,15-16,19-21H2,1-9H3/b22-17?,25-14?,27-23+,30-29?. The lowest BCUT2D eigenvalue weighted by molar-refractivity contribution is 0.393. The monoisotopic (exact) mass is 413 g/mol. The highest BCUT2D eigenvalue weighted by Crippen LogP contribution is 2.34. The molecule has 1 nitrogen and oxygen atoms in total. The van der Waals surface area contributed by atoms with Crippen molar-refractivity contribution in [2.45, 2.75) is 120 Å². The zero-order valence-electron chi connectivity index (χ0n) is 21.8. The summed E-state index contributed by atoms with van der Waals surface area (Å²) in [7, 11) is 0. The molecule has 0 amide bonds. The quantitative estimate of drug-likeness (QED) is 0.204. The molecule has 0 aliphatic rings. The van der Waals surface area contributed by atoms with Gasteiger partial charge in [-0.1, -0.05) is 88.5 Å². The average molecular weight is 414 g/mol. The molecule has 1 heteroatoms. The van der Waals surface area contributed by atoms with Crippen molar-refractivity contribution < 1.29 is 0 Å². The first kappa shape index (κ1) is 28.6. The van der Waals surface area contributed by atoms with Crippen LogP contribution in [-0.2, 0) is 0 Å². The zero-order chi connectivity index (χ0) is 23.1. The van der Waals surface area contributed by atoms with E-state index in [9.17, 15) is 5.41 Å². The Morgan fingerprint density at radius 1 is 0.800 bits per heavy atom. The summed E-state index contributed by atoms with van der Waals surface area (Å²) in [5, 5.41) is 9.39. The van der Waals surface area contributed by atoms with Gasteiger partial charge in [0.15, 0.2) is 0 Å². The van der Waals surface area contributed by atoms with Crippen LogP contribution in [0.2, 0.25) is 0 Å². The summed E-state index contributed by atoms with van der Waals surface area (Å²) >= 11 is 0. The lowest BCUT2D eigenvalue weighted by Gasteiger charge is -2.30. The first-order chi connectivity index (χ1) is 14.3. The molecule has 0 aromatic carbocycles. The van der Waals surface area contributed by atoms with Gasteiger partial charge in [-0.25, -0.2) is 0 Å². The molecule has 0 saturated heterocycles. The average Bonchev–Trinajstić information content (AvgIpc) is 2.75. The van der Waals surface area contributed by atoms with Crippen molar-refractivity contribution in [1.82, 2.24) is 0 Å². The summed E-state index contributed by atoms with van der Waals surface area (Å²) in [5.41, 5.74) is 8.08. The minimum Gasteiger partial charge on any atom is -0.305 e. The smallest absolute Gasteiger partial charge is 0.0385 e. The van der Waals surface area contributed by atoms with E-state index in [1.54, 1.807) is 0 Å². The maximum atomic E-state index is 9.39. The normalized spacial score (nSPS) is 15.5. The molecule has 172 valence electrons. The molecule has 2 atom stereocenters. The Bertz CT molecular complexity index is 621. The van der Waals surface area contributed by atoms with Crippen LogP contribution in [0.1, 0.15) is 120 Å². The highest BCUT2D eigenvalue weighted by atomic mass is 14.5. The molecule has 0 saturated carbocycles. The second kappa shape index (κ2) is 16.3. The summed E-state index contributed by atoms with van der Waals surface area (Å²) in [6, 6.07) is 0. The van der Waals surface area contributed by atoms with Crippen LogP contribution in [0.25, 0.3) is 0 Å². The van der Waals surface area contributed by atoms with Crippen molar-refractivity contribution in [2.75, 3.05) is 0 Å². The first-order valence-corrected chi connectivity index (χ1v) is 12.6. The summed E-state index contributed by atoms with van der Waals surface area (Å²) < 4.78 is 0. The van der Waals surface area contributed by atoms with Gasteiger partial charge in [-0.2, -0.15) is 0 Å². The van der Waals surface area contributed by atoms with Gasteiger partial charge >= 0.3 is 0 Å². The number of rotatable bonds is 15. The molecule has 2 unspecified atom stereocenters. The van der Waals surface area contributed by atoms with Gasteiger partial charge in [0, 0.05) is 11.6 Å². The van der Waals surface area contributed by atoms with E-state index in [1.807, 2.05) is 0 Å². The van der Waals surface area contributed by atoms with Crippen molar-refractivity contribution in [3.05, 3.63) is 46.1 Å². The van der Waals surface area contributed by atoms with Gasteiger partial charge in [-0.15, -0.1) is 0 Å². The summed E-state index contributed by atoms with van der Waals surface area (Å²) in [6.45, 7) is 20.2. The molecule has 0 aliphatic carbocycles. The van der Waals surface area contributed by atoms with Crippen molar-refractivity contribution in [3.63, 3.8) is 0 Å².